The minimum absolute atomic E-state index is 0.0226. The first-order valence-corrected chi connectivity index (χ1v) is 10.8. The minimum Gasteiger partial charge on any atom is -0.508 e. The molecule has 5 nitrogen and oxygen atoms in total. The predicted molar refractivity (Wildman–Crippen MR) is 107 cm³/mol. The van der Waals surface area contributed by atoms with E-state index in [4.69, 9.17) is 4.18 Å². The first-order valence-electron chi connectivity index (χ1n) is 8.68. The molecule has 1 heterocycles. The van der Waals surface area contributed by atoms with Gasteiger partial charge in [-0.15, -0.1) is 0 Å². The fourth-order valence-electron chi connectivity index (χ4n) is 3.91. The topological polar surface area (TPSA) is 83.8 Å². The molecular weight excluding hydrogens is 415 g/mol. The number of hydrogen-bond donors (Lipinski definition) is 2. The van der Waals surface area contributed by atoms with Gasteiger partial charge < -0.3 is 10.2 Å². The summed E-state index contributed by atoms with van der Waals surface area (Å²) in [5.41, 5.74) is 0.802. The molecule has 0 fully saturated rings. The maximum Gasteiger partial charge on any atom is 0.298 e. The van der Waals surface area contributed by atoms with Crippen LogP contribution in [0.4, 0.5) is 3.89 Å². The molecule has 3 aromatic carbocycles. The normalized spacial score (nSPS) is 19.8. The van der Waals surface area contributed by atoms with Crippen molar-refractivity contribution in [1.82, 2.24) is 0 Å². The van der Waals surface area contributed by atoms with Gasteiger partial charge in [0.2, 0.25) is 0 Å². The molecule has 0 bridgehead atoms. The molecule has 8 heteroatoms. The lowest BCUT2D eigenvalue weighted by molar-refractivity contribution is 0.178. The summed E-state index contributed by atoms with van der Waals surface area (Å²) in [6, 6.07) is 13.8. The largest absolute Gasteiger partial charge is 0.508 e. The van der Waals surface area contributed by atoms with E-state index in [2.05, 4.69) is 0 Å². The second-order valence-electron chi connectivity index (χ2n) is 6.93. The van der Waals surface area contributed by atoms with Gasteiger partial charge in [-0.3, -0.25) is 0 Å². The average Bonchev–Trinajstić information content (AvgIpc) is 2.90. The average molecular weight is 432 g/mol. The van der Waals surface area contributed by atoms with Crippen LogP contribution < -0.4 is 0 Å². The summed E-state index contributed by atoms with van der Waals surface area (Å²) in [6.07, 6.45) is 0. The number of rotatable bonds is 3. The SMILES string of the molecule is Cc1cc(O)ccc1C1(c2cc(SF)c(O)cc2C)OS(=O)(=O)c2ccccc21. The van der Waals surface area contributed by atoms with Gasteiger partial charge in [0.1, 0.15) is 16.4 Å². The maximum absolute atomic E-state index is 13.5. The van der Waals surface area contributed by atoms with Crippen LogP contribution in [0.1, 0.15) is 27.8 Å². The fourth-order valence-corrected chi connectivity index (χ4v) is 5.63. The number of phenols is 2. The van der Waals surface area contributed by atoms with Crippen LogP contribution in [-0.4, -0.2) is 18.6 Å². The van der Waals surface area contributed by atoms with Gasteiger partial charge in [-0.1, -0.05) is 24.3 Å². The van der Waals surface area contributed by atoms with Gasteiger partial charge >= 0.3 is 0 Å². The molecule has 0 spiro atoms. The van der Waals surface area contributed by atoms with Crippen molar-refractivity contribution in [2.45, 2.75) is 29.2 Å². The molecule has 2 N–H and O–H groups in total. The maximum atomic E-state index is 13.5. The van der Waals surface area contributed by atoms with Crippen molar-refractivity contribution in [2.24, 2.45) is 0 Å². The molecule has 150 valence electrons. The van der Waals surface area contributed by atoms with Crippen LogP contribution in [0.5, 0.6) is 11.5 Å². The van der Waals surface area contributed by atoms with Crippen LogP contribution in [0.15, 0.2) is 64.4 Å². The van der Waals surface area contributed by atoms with E-state index < -0.39 is 15.7 Å². The molecule has 1 aliphatic rings. The van der Waals surface area contributed by atoms with E-state index in [1.165, 1.54) is 30.3 Å². The van der Waals surface area contributed by atoms with E-state index in [9.17, 15) is 22.5 Å². The molecule has 29 heavy (non-hydrogen) atoms. The Bertz CT molecular complexity index is 1240. The summed E-state index contributed by atoms with van der Waals surface area (Å²) in [5.74, 6) is -0.219. The van der Waals surface area contributed by atoms with E-state index in [-0.39, 0.29) is 33.4 Å². The third kappa shape index (κ3) is 2.90. The van der Waals surface area contributed by atoms with Crippen molar-refractivity contribution < 1.29 is 26.7 Å². The molecule has 0 saturated heterocycles. The lowest BCUT2D eigenvalue weighted by Crippen LogP contribution is -2.31. The lowest BCUT2D eigenvalue weighted by atomic mass is 9.77. The molecule has 0 radical (unpaired) electrons. The van der Waals surface area contributed by atoms with Gasteiger partial charge in [0, 0.05) is 5.56 Å². The van der Waals surface area contributed by atoms with Gasteiger partial charge in [-0.2, -0.15) is 12.3 Å². The Morgan fingerprint density at radius 3 is 2.31 bits per heavy atom. The van der Waals surface area contributed by atoms with Crippen LogP contribution in [0, 0.1) is 13.8 Å². The van der Waals surface area contributed by atoms with Crippen molar-refractivity contribution in [1.29, 1.82) is 0 Å². The summed E-state index contributed by atoms with van der Waals surface area (Å²) < 4.78 is 45.1. The second-order valence-corrected chi connectivity index (χ2v) is 9.03. The van der Waals surface area contributed by atoms with Crippen LogP contribution in [0.2, 0.25) is 0 Å². The molecule has 1 atom stereocenters. The molecule has 1 unspecified atom stereocenters. The molecule has 0 saturated carbocycles. The smallest absolute Gasteiger partial charge is 0.298 e. The van der Waals surface area contributed by atoms with Crippen LogP contribution in [-0.2, 0) is 19.9 Å². The number of halogens is 1. The first-order chi connectivity index (χ1) is 13.7. The monoisotopic (exact) mass is 432 g/mol. The van der Waals surface area contributed by atoms with E-state index in [0.29, 0.717) is 27.8 Å². The third-order valence-corrected chi connectivity index (χ3v) is 6.99. The van der Waals surface area contributed by atoms with Gasteiger partial charge in [-0.25, -0.2) is 4.18 Å². The van der Waals surface area contributed by atoms with E-state index in [1.54, 1.807) is 38.1 Å². The number of aryl methyl sites for hydroxylation is 2. The Labute approximate surface area is 172 Å². The van der Waals surface area contributed by atoms with Crippen molar-refractivity contribution in [3.63, 3.8) is 0 Å². The molecule has 4 rings (SSSR count). The van der Waals surface area contributed by atoms with Gasteiger partial charge in [0.25, 0.3) is 10.1 Å². The number of phenolic OH excluding ortho intramolecular Hbond substituents is 2. The van der Waals surface area contributed by atoms with Gasteiger partial charge in [0.15, 0.2) is 5.60 Å². The van der Waals surface area contributed by atoms with Gasteiger partial charge in [-0.05, 0) is 66.4 Å². The standard InChI is InChI=1S/C21H17FO5S2/c1-12-9-14(23)7-8-15(12)21(17-11-19(28-22)18(24)10-13(17)2)16-5-3-4-6-20(16)29(25,26)27-21/h3-11,23-24H,1-2H3. The summed E-state index contributed by atoms with van der Waals surface area (Å²) in [4.78, 5) is -0.0267. The zero-order valence-corrected chi connectivity index (χ0v) is 17.1. The number of hydrogen-bond acceptors (Lipinski definition) is 6. The molecule has 1 aliphatic heterocycles. The third-order valence-electron chi connectivity index (χ3n) is 5.13. The van der Waals surface area contributed by atoms with Crippen molar-refractivity contribution >= 4 is 22.3 Å². The van der Waals surface area contributed by atoms with E-state index in [1.807, 2.05) is 0 Å². The van der Waals surface area contributed by atoms with Crippen molar-refractivity contribution in [3.05, 3.63) is 82.4 Å². The highest BCUT2D eigenvalue weighted by Gasteiger charge is 2.52. The Hall–Kier alpha value is -2.55. The Morgan fingerprint density at radius 2 is 1.62 bits per heavy atom. The number of aromatic hydroxyl groups is 2. The highest BCUT2D eigenvalue weighted by atomic mass is 32.2. The Balaban J connectivity index is 2.17. The fraction of sp³-hybridized carbons (Fsp3) is 0.143. The van der Waals surface area contributed by atoms with Crippen LogP contribution in [0.3, 0.4) is 0 Å². The summed E-state index contributed by atoms with van der Waals surface area (Å²) in [6.45, 7) is 3.42. The summed E-state index contributed by atoms with van der Waals surface area (Å²) >= 11 is -0.136. The first kappa shape index (κ1) is 19.8. The zero-order valence-electron chi connectivity index (χ0n) is 15.5. The molecule has 0 aromatic heterocycles. The molecule has 0 amide bonds. The zero-order chi connectivity index (χ0) is 21.0. The minimum atomic E-state index is -4.11. The molecular formula is C21H17FO5S2. The number of fused-ring (bicyclic) bond motifs is 1. The second kappa shape index (κ2) is 6.76. The Morgan fingerprint density at radius 1 is 0.931 bits per heavy atom. The Kier molecular flexibility index (Phi) is 4.60. The molecule has 3 aromatic rings. The summed E-state index contributed by atoms with van der Waals surface area (Å²) in [7, 11) is -4.11. The highest BCUT2D eigenvalue weighted by molar-refractivity contribution is 7.94. The van der Waals surface area contributed by atoms with Crippen LogP contribution in [0.25, 0.3) is 0 Å². The lowest BCUT2D eigenvalue weighted by Gasteiger charge is -2.32. The predicted octanol–water partition coefficient (Wildman–Crippen LogP) is 4.70. The van der Waals surface area contributed by atoms with Crippen molar-refractivity contribution in [2.75, 3.05) is 0 Å². The number of benzene rings is 3. The quantitative estimate of drug-likeness (QED) is 0.584. The van der Waals surface area contributed by atoms with E-state index >= 15 is 0 Å². The van der Waals surface area contributed by atoms with Gasteiger partial charge in [0.05, 0.1) is 17.0 Å². The van der Waals surface area contributed by atoms with E-state index in [0.717, 1.165) is 0 Å². The summed E-state index contributed by atoms with van der Waals surface area (Å²) in [5, 5.41) is 19.9. The highest BCUT2D eigenvalue weighted by Crippen LogP contribution is 2.53. The van der Waals surface area contributed by atoms with Crippen molar-refractivity contribution in [3.8, 4) is 11.5 Å². The van der Waals surface area contributed by atoms with Crippen LogP contribution >= 0.6 is 12.1 Å². The molecule has 0 aliphatic carbocycles.